The van der Waals surface area contributed by atoms with E-state index in [0.29, 0.717) is 17.5 Å². The zero-order valence-electron chi connectivity index (χ0n) is 16.9. The van der Waals surface area contributed by atoms with Crippen LogP contribution >= 0.6 is 0 Å². The summed E-state index contributed by atoms with van der Waals surface area (Å²) in [5.74, 6) is 0.607. The van der Waals surface area contributed by atoms with Crippen LogP contribution < -0.4 is 0 Å². The summed E-state index contributed by atoms with van der Waals surface area (Å²) in [7, 11) is 0. The molecule has 146 valence electrons. The summed E-state index contributed by atoms with van der Waals surface area (Å²) in [6.45, 7) is 2.02. The first-order valence-electron chi connectivity index (χ1n) is 10.7. The van der Waals surface area contributed by atoms with Gasteiger partial charge in [-0.3, -0.25) is 9.97 Å². The molecule has 0 N–H and O–H groups in total. The summed E-state index contributed by atoms with van der Waals surface area (Å²) in [6.07, 6.45) is 7.03. The quantitative estimate of drug-likeness (QED) is 0.619. The number of piperidine rings is 2. The van der Waals surface area contributed by atoms with Crippen LogP contribution in [0, 0.1) is 24.2 Å². The molecule has 2 saturated heterocycles. The van der Waals surface area contributed by atoms with Crippen LogP contribution in [-0.4, -0.2) is 38.2 Å². The van der Waals surface area contributed by atoms with Crippen LogP contribution in [0.15, 0.2) is 53.7 Å². The summed E-state index contributed by atoms with van der Waals surface area (Å²) >= 11 is 0. The van der Waals surface area contributed by atoms with Crippen molar-refractivity contribution in [1.82, 2.24) is 9.97 Å². The number of aromatic nitrogens is 2. The van der Waals surface area contributed by atoms with Gasteiger partial charge in [0.15, 0.2) is 11.8 Å². The molecule has 7 rings (SSSR count). The standard InChI is InChI=1S/C25H22N5/c1-15-3-2-4-22(28-15)23-24(30-18-8-6-17(7-9-18)25(30)29-23)19-11-12-27-21-10-5-16(14-26)13-20(19)21/h2-5,10-13,17-18,25H,6-9H2,1H3/q+1. The van der Waals surface area contributed by atoms with Gasteiger partial charge in [0, 0.05) is 36.0 Å². The van der Waals surface area contributed by atoms with Crippen molar-refractivity contribution in [2.45, 2.75) is 44.8 Å². The minimum absolute atomic E-state index is 0.201. The third kappa shape index (κ3) is 2.53. The molecule has 0 radical (unpaired) electrons. The summed E-state index contributed by atoms with van der Waals surface area (Å²) < 4.78 is 2.56. The second kappa shape index (κ2) is 6.56. The van der Waals surface area contributed by atoms with E-state index in [-0.39, 0.29) is 6.17 Å². The minimum Gasteiger partial charge on any atom is -0.256 e. The topological polar surface area (TPSA) is 64.9 Å². The number of hydrogen-bond donors (Lipinski definition) is 0. The number of benzene rings is 1. The fourth-order valence-electron chi connectivity index (χ4n) is 5.47. The van der Waals surface area contributed by atoms with Crippen LogP contribution in [0.2, 0.25) is 0 Å². The van der Waals surface area contributed by atoms with Gasteiger partial charge in [-0.15, -0.1) is 0 Å². The number of nitriles is 1. The van der Waals surface area contributed by atoms with E-state index in [9.17, 15) is 5.26 Å². The minimum atomic E-state index is 0.201. The summed E-state index contributed by atoms with van der Waals surface area (Å²) in [6, 6.07) is 16.8. The van der Waals surface area contributed by atoms with E-state index in [1.807, 2.05) is 37.4 Å². The number of rotatable bonds is 2. The molecule has 1 atom stereocenters. The molecule has 5 nitrogen and oxygen atoms in total. The van der Waals surface area contributed by atoms with Crippen molar-refractivity contribution >= 4 is 22.3 Å². The van der Waals surface area contributed by atoms with Gasteiger partial charge in [-0.05, 0) is 56.2 Å². The lowest BCUT2D eigenvalue weighted by Gasteiger charge is -2.36. The Kier molecular flexibility index (Phi) is 3.82. The Morgan fingerprint density at radius 1 is 1.07 bits per heavy atom. The van der Waals surface area contributed by atoms with Crippen LogP contribution in [0.1, 0.15) is 48.2 Å². The Morgan fingerprint density at radius 3 is 2.73 bits per heavy atom. The maximum absolute atomic E-state index is 9.47. The summed E-state index contributed by atoms with van der Waals surface area (Å²) in [5.41, 5.74) is 6.73. The van der Waals surface area contributed by atoms with Crippen molar-refractivity contribution in [3.8, 4) is 6.07 Å². The molecule has 30 heavy (non-hydrogen) atoms. The normalized spacial score (nSPS) is 24.7. The second-order valence-electron chi connectivity index (χ2n) is 8.58. The molecule has 0 spiro atoms. The number of fused-ring (bicyclic) bond motifs is 3. The predicted molar refractivity (Wildman–Crippen MR) is 116 cm³/mol. The van der Waals surface area contributed by atoms with Crippen molar-refractivity contribution in [3.63, 3.8) is 0 Å². The van der Waals surface area contributed by atoms with E-state index in [2.05, 4.69) is 33.8 Å². The maximum Gasteiger partial charge on any atom is 0.249 e. The predicted octanol–water partition coefficient (Wildman–Crippen LogP) is 4.01. The number of aryl methyl sites for hydroxylation is 1. The fraction of sp³-hybridized carbons (Fsp3) is 0.320. The highest BCUT2D eigenvalue weighted by molar-refractivity contribution is 6.53. The molecule has 1 aliphatic carbocycles. The van der Waals surface area contributed by atoms with Gasteiger partial charge >= 0.3 is 0 Å². The zero-order valence-corrected chi connectivity index (χ0v) is 16.9. The van der Waals surface area contributed by atoms with Gasteiger partial charge in [0.1, 0.15) is 0 Å². The lowest BCUT2D eigenvalue weighted by molar-refractivity contribution is -0.626. The smallest absolute Gasteiger partial charge is 0.249 e. The average Bonchev–Trinajstić information content (AvgIpc) is 3.22. The van der Waals surface area contributed by atoms with E-state index in [4.69, 9.17) is 9.98 Å². The number of hydrogen-bond acceptors (Lipinski definition) is 4. The molecule has 1 aromatic carbocycles. The van der Waals surface area contributed by atoms with Crippen molar-refractivity contribution < 1.29 is 4.58 Å². The summed E-state index contributed by atoms with van der Waals surface area (Å²) in [4.78, 5) is 14.7. The van der Waals surface area contributed by atoms with E-state index in [0.717, 1.165) is 39.3 Å². The second-order valence-corrected chi connectivity index (χ2v) is 8.58. The Hall–Kier alpha value is -3.39. The molecule has 1 unspecified atom stereocenters. The van der Waals surface area contributed by atoms with Gasteiger partial charge < -0.3 is 0 Å². The zero-order chi connectivity index (χ0) is 20.2. The number of nitrogens with zero attached hydrogens (tertiary/aromatic N) is 5. The van der Waals surface area contributed by atoms with Crippen LogP contribution in [0.3, 0.4) is 0 Å². The first kappa shape index (κ1) is 17.5. The van der Waals surface area contributed by atoms with E-state index >= 15 is 0 Å². The molecule has 4 aliphatic rings. The van der Waals surface area contributed by atoms with E-state index in [1.165, 1.54) is 25.7 Å². The van der Waals surface area contributed by atoms with Gasteiger partial charge in [0.05, 0.1) is 28.4 Å². The maximum atomic E-state index is 9.47. The third-order valence-electron chi connectivity index (χ3n) is 6.84. The van der Waals surface area contributed by atoms with E-state index in [1.54, 1.807) is 0 Å². The van der Waals surface area contributed by atoms with Gasteiger partial charge in [-0.1, -0.05) is 6.07 Å². The SMILES string of the molecule is Cc1cccc(C2=NC3C4CCC(CC4)[N+]3=C2c2ccnc3ccc(C#N)cc23)n1. The van der Waals surface area contributed by atoms with Crippen molar-refractivity contribution in [2.24, 2.45) is 10.9 Å². The third-order valence-corrected chi connectivity index (χ3v) is 6.84. The molecule has 0 amide bonds. The Balaban J connectivity index is 1.65. The first-order chi connectivity index (χ1) is 14.7. The average molecular weight is 392 g/mol. The van der Waals surface area contributed by atoms with Gasteiger partial charge in [-0.25, -0.2) is 9.57 Å². The molecule has 3 aromatic rings. The Morgan fingerprint density at radius 2 is 1.93 bits per heavy atom. The highest BCUT2D eigenvalue weighted by atomic mass is 15.3. The van der Waals surface area contributed by atoms with Crippen LogP contribution in [-0.2, 0) is 0 Å². The lowest BCUT2D eigenvalue weighted by Crippen LogP contribution is -2.49. The van der Waals surface area contributed by atoms with Crippen molar-refractivity contribution in [3.05, 3.63) is 71.2 Å². The molecule has 2 aromatic heterocycles. The molecular weight excluding hydrogens is 370 g/mol. The molecular formula is C25H22N5+. The first-order valence-corrected chi connectivity index (χ1v) is 10.7. The molecule has 2 bridgehead atoms. The summed E-state index contributed by atoms with van der Waals surface area (Å²) in [5, 5.41) is 10.5. The Bertz CT molecular complexity index is 1290. The molecule has 1 saturated carbocycles. The molecule has 5 heterocycles. The van der Waals surface area contributed by atoms with Gasteiger partial charge in [0.2, 0.25) is 11.9 Å². The lowest BCUT2D eigenvalue weighted by atomic mass is 9.78. The largest absolute Gasteiger partial charge is 0.256 e. The number of aliphatic imine (C=N–C) groups is 1. The van der Waals surface area contributed by atoms with Gasteiger partial charge in [-0.2, -0.15) is 5.26 Å². The highest BCUT2D eigenvalue weighted by Crippen LogP contribution is 2.41. The van der Waals surface area contributed by atoms with Gasteiger partial charge in [0.25, 0.3) is 0 Å². The van der Waals surface area contributed by atoms with Crippen molar-refractivity contribution in [2.75, 3.05) is 0 Å². The monoisotopic (exact) mass is 392 g/mol. The Labute approximate surface area is 175 Å². The van der Waals surface area contributed by atoms with Crippen LogP contribution in [0.4, 0.5) is 0 Å². The molecule has 3 fully saturated rings. The fourth-order valence-corrected chi connectivity index (χ4v) is 5.47. The highest BCUT2D eigenvalue weighted by Gasteiger charge is 2.52. The molecule has 3 aliphatic heterocycles. The van der Waals surface area contributed by atoms with Crippen LogP contribution in [0.25, 0.3) is 10.9 Å². The molecule has 5 heteroatoms. The number of pyridine rings is 2. The van der Waals surface area contributed by atoms with Crippen LogP contribution in [0.5, 0.6) is 0 Å². The van der Waals surface area contributed by atoms with E-state index < -0.39 is 0 Å². The van der Waals surface area contributed by atoms with Crippen molar-refractivity contribution in [1.29, 1.82) is 5.26 Å².